The standard InChI is InChI=1S/C15H22N2O/c1-12-6-3-4-7-13(12)10-17-9-5-8-14(11-17)15(18)16-2/h3-4,6-7,14H,5,8-11H2,1-2H3,(H,16,18). The minimum absolute atomic E-state index is 0.160. The first-order valence-corrected chi connectivity index (χ1v) is 6.69. The number of rotatable bonds is 3. The van der Waals surface area contributed by atoms with Gasteiger partial charge < -0.3 is 5.32 Å². The largest absolute Gasteiger partial charge is 0.359 e. The predicted molar refractivity (Wildman–Crippen MR) is 73.2 cm³/mol. The van der Waals surface area contributed by atoms with Gasteiger partial charge in [0.2, 0.25) is 5.91 Å². The molecule has 3 nitrogen and oxygen atoms in total. The second-order valence-corrected chi connectivity index (χ2v) is 5.12. The summed E-state index contributed by atoms with van der Waals surface area (Å²) in [6, 6.07) is 8.49. The Labute approximate surface area is 109 Å². The summed E-state index contributed by atoms with van der Waals surface area (Å²) in [5.74, 6) is 0.345. The molecule has 1 amide bonds. The average molecular weight is 246 g/mol. The fourth-order valence-electron chi connectivity index (χ4n) is 2.65. The molecular weight excluding hydrogens is 224 g/mol. The van der Waals surface area contributed by atoms with Crippen LogP contribution in [0.15, 0.2) is 24.3 Å². The van der Waals surface area contributed by atoms with Crippen molar-refractivity contribution in [3.8, 4) is 0 Å². The van der Waals surface area contributed by atoms with E-state index in [0.717, 1.165) is 32.5 Å². The highest BCUT2D eigenvalue weighted by Crippen LogP contribution is 2.19. The van der Waals surface area contributed by atoms with E-state index in [2.05, 4.69) is 41.4 Å². The Balaban J connectivity index is 1.98. The Morgan fingerprint density at radius 1 is 1.44 bits per heavy atom. The van der Waals surface area contributed by atoms with E-state index in [0.29, 0.717) is 0 Å². The van der Waals surface area contributed by atoms with E-state index in [1.807, 2.05) is 0 Å². The molecule has 18 heavy (non-hydrogen) atoms. The van der Waals surface area contributed by atoms with Crippen molar-refractivity contribution in [1.82, 2.24) is 10.2 Å². The second kappa shape index (κ2) is 6.01. The monoisotopic (exact) mass is 246 g/mol. The molecule has 0 aliphatic carbocycles. The lowest BCUT2D eigenvalue weighted by Gasteiger charge is -2.32. The van der Waals surface area contributed by atoms with Crippen LogP contribution in [0.25, 0.3) is 0 Å². The lowest BCUT2D eigenvalue weighted by molar-refractivity contribution is -0.126. The molecule has 2 rings (SSSR count). The molecule has 1 saturated heterocycles. The Hall–Kier alpha value is -1.35. The van der Waals surface area contributed by atoms with Crippen LogP contribution >= 0.6 is 0 Å². The lowest BCUT2D eigenvalue weighted by Crippen LogP contribution is -2.41. The molecule has 1 aliphatic rings. The highest BCUT2D eigenvalue weighted by molar-refractivity contribution is 5.78. The number of aryl methyl sites for hydroxylation is 1. The number of amides is 1. The van der Waals surface area contributed by atoms with E-state index in [1.165, 1.54) is 11.1 Å². The summed E-state index contributed by atoms with van der Waals surface area (Å²) in [6.45, 7) is 5.09. The highest BCUT2D eigenvalue weighted by atomic mass is 16.1. The summed E-state index contributed by atoms with van der Waals surface area (Å²) in [4.78, 5) is 14.1. The molecule has 1 atom stereocenters. The van der Waals surface area contributed by atoms with Crippen molar-refractivity contribution < 1.29 is 4.79 Å². The minimum Gasteiger partial charge on any atom is -0.359 e. The summed E-state index contributed by atoms with van der Waals surface area (Å²) < 4.78 is 0. The highest BCUT2D eigenvalue weighted by Gasteiger charge is 2.24. The summed E-state index contributed by atoms with van der Waals surface area (Å²) in [6.07, 6.45) is 2.13. The molecule has 0 spiro atoms. The Morgan fingerprint density at radius 3 is 2.94 bits per heavy atom. The van der Waals surface area contributed by atoms with Gasteiger partial charge in [-0.05, 0) is 37.4 Å². The molecule has 1 fully saturated rings. The van der Waals surface area contributed by atoms with Gasteiger partial charge in [-0.2, -0.15) is 0 Å². The summed E-state index contributed by atoms with van der Waals surface area (Å²) in [7, 11) is 1.72. The first-order chi connectivity index (χ1) is 8.70. The SMILES string of the molecule is CNC(=O)C1CCCN(Cc2ccccc2C)C1. The molecular formula is C15H22N2O. The first kappa shape index (κ1) is 13.1. The lowest BCUT2D eigenvalue weighted by atomic mass is 9.96. The number of benzene rings is 1. The molecule has 0 aromatic heterocycles. The van der Waals surface area contributed by atoms with E-state index < -0.39 is 0 Å². The van der Waals surface area contributed by atoms with Crippen molar-refractivity contribution in [1.29, 1.82) is 0 Å². The zero-order chi connectivity index (χ0) is 13.0. The normalized spacial score (nSPS) is 20.7. The third-order valence-electron chi connectivity index (χ3n) is 3.78. The summed E-state index contributed by atoms with van der Waals surface area (Å²) >= 11 is 0. The molecule has 3 heteroatoms. The van der Waals surface area contributed by atoms with Crippen molar-refractivity contribution >= 4 is 5.91 Å². The quantitative estimate of drug-likeness (QED) is 0.884. The van der Waals surface area contributed by atoms with Crippen LogP contribution in [-0.4, -0.2) is 30.9 Å². The topological polar surface area (TPSA) is 32.3 Å². The number of nitrogens with zero attached hydrogens (tertiary/aromatic N) is 1. The Morgan fingerprint density at radius 2 is 2.22 bits per heavy atom. The van der Waals surface area contributed by atoms with Gasteiger partial charge in [-0.1, -0.05) is 24.3 Å². The molecule has 1 aromatic rings. The van der Waals surface area contributed by atoms with Crippen LogP contribution in [-0.2, 0) is 11.3 Å². The molecule has 0 saturated carbocycles. The van der Waals surface area contributed by atoms with Crippen LogP contribution in [0.5, 0.6) is 0 Å². The van der Waals surface area contributed by atoms with E-state index >= 15 is 0 Å². The minimum atomic E-state index is 0.160. The van der Waals surface area contributed by atoms with Crippen LogP contribution in [0, 0.1) is 12.8 Å². The molecule has 1 aromatic carbocycles. The molecule has 98 valence electrons. The second-order valence-electron chi connectivity index (χ2n) is 5.12. The number of piperidine rings is 1. The van der Waals surface area contributed by atoms with Crippen molar-refractivity contribution in [3.63, 3.8) is 0 Å². The zero-order valence-corrected chi connectivity index (χ0v) is 11.3. The molecule has 0 radical (unpaired) electrons. The van der Waals surface area contributed by atoms with Gasteiger partial charge in [0.05, 0.1) is 5.92 Å². The third-order valence-corrected chi connectivity index (χ3v) is 3.78. The maximum atomic E-state index is 11.7. The smallest absolute Gasteiger partial charge is 0.224 e. The van der Waals surface area contributed by atoms with Gasteiger partial charge in [-0.25, -0.2) is 0 Å². The Bertz CT molecular complexity index is 417. The number of likely N-dealkylation sites (tertiary alicyclic amines) is 1. The zero-order valence-electron chi connectivity index (χ0n) is 11.3. The predicted octanol–water partition coefficient (Wildman–Crippen LogP) is 1.95. The fraction of sp³-hybridized carbons (Fsp3) is 0.533. The van der Waals surface area contributed by atoms with E-state index in [-0.39, 0.29) is 11.8 Å². The summed E-state index contributed by atoms with van der Waals surface area (Å²) in [5, 5.41) is 2.76. The van der Waals surface area contributed by atoms with Gasteiger partial charge in [-0.15, -0.1) is 0 Å². The van der Waals surface area contributed by atoms with Gasteiger partial charge in [0.1, 0.15) is 0 Å². The van der Waals surface area contributed by atoms with Gasteiger partial charge in [-0.3, -0.25) is 9.69 Å². The first-order valence-electron chi connectivity index (χ1n) is 6.69. The van der Waals surface area contributed by atoms with Crippen molar-refractivity contribution in [2.75, 3.05) is 20.1 Å². The maximum absolute atomic E-state index is 11.7. The molecule has 1 unspecified atom stereocenters. The van der Waals surface area contributed by atoms with E-state index in [4.69, 9.17) is 0 Å². The number of hydrogen-bond acceptors (Lipinski definition) is 2. The molecule has 1 N–H and O–H groups in total. The van der Waals surface area contributed by atoms with E-state index in [1.54, 1.807) is 7.05 Å². The van der Waals surface area contributed by atoms with Crippen LogP contribution in [0.2, 0.25) is 0 Å². The third kappa shape index (κ3) is 3.10. The van der Waals surface area contributed by atoms with Crippen LogP contribution in [0.1, 0.15) is 24.0 Å². The van der Waals surface area contributed by atoms with Gasteiger partial charge in [0, 0.05) is 20.1 Å². The fourth-order valence-corrected chi connectivity index (χ4v) is 2.65. The summed E-state index contributed by atoms with van der Waals surface area (Å²) in [5.41, 5.74) is 2.70. The van der Waals surface area contributed by atoms with Crippen molar-refractivity contribution in [2.45, 2.75) is 26.3 Å². The van der Waals surface area contributed by atoms with Crippen molar-refractivity contribution in [2.24, 2.45) is 5.92 Å². The molecule has 0 bridgehead atoms. The Kier molecular flexibility index (Phi) is 4.37. The van der Waals surface area contributed by atoms with Gasteiger partial charge >= 0.3 is 0 Å². The number of carbonyl (C=O) groups is 1. The van der Waals surface area contributed by atoms with Gasteiger partial charge in [0.15, 0.2) is 0 Å². The average Bonchev–Trinajstić information content (AvgIpc) is 2.41. The number of carbonyl (C=O) groups excluding carboxylic acids is 1. The van der Waals surface area contributed by atoms with E-state index in [9.17, 15) is 4.79 Å². The van der Waals surface area contributed by atoms with Crippen LogP contribution in [0.4, 0.5) is 0 Å². The number of hydrogen-bond donors (Lipinski definition) is 1. The van der Waals surface area contributed by atoms with Crippen LogP contribution in [0.3, 0.4) is 0 Å². The van der Waals surface area contributed by atoms with Crippen LogP contribution < -0.4 is 5.32 Å². The van der Waals surface area contributed by atoms with Gasteiger partial charge in [0.25, 0.3) is 0 Å². The maximum Gasteiger partial charge on any atom is 0.224 e. The molecule has 1 aliphatic heterocycles. The molecule has 1 heterocycles. The number of nitrogens with one attached hydrogen (secondary N) is 1. The van der Waals surface area contributed by atoms with Crippen molar-refractivity contribution in [3.05, 3.63) is 35.4 Å².